The summed E-state index contributed by atoms with van der Waals surface area (Å²) >= 11 is 0. The number of nitrogens with zero attached hydrogens (tertiary/aromatic N) is 3. The van der Waals surface area contributed by atoms with Crippen LogP contribution in [0.4, 0.5) is 5.82 Å². The topological polar surface area (TPSA) is 73.0 Å². The van der Waals surface area contributed by atoms with Crippen LogP contribution in [0.15, 0.2) is 10.7 Å². The molecule has 1 aliphatic rings. The molecule has 6 heteroatoms. The van der Waals surface area contributed by atoms with E-state index in [1.807, 2.05) is 38.6 Å². The summed E-state index contributed by atoms with van der Waals surface area (Å²) in [5, 5.41) is 11.3. The lowest BCUT2D eigenvalue weighted by Crippen LogP contribution is -2.25. The third-order valence-corrected chi connectivity index (χ3v) is 3.77. The molecule has 2 aromatic rings. The molecule has 0 aliphatic carbocycles. The van der Waals surface area contributed by atoms with Crippen LogP contribution in [0, 0.1) is 13.8 Å². The van der Waals surface area contributed by atoms with E-state index in [2.05, 4.69) is 15.6 Å². The number of aromatic nitrogens is 3. The predicted molar refractivity (Wildman–Crippen MR) is 73.7 cm³/mol. The van der Waals surface area contributed by atoms with Crippen LogP contribution in [0.2, 0.25) is 0 Å². The fraction of sp³-hybridized carbons (Fsp3) is 0.500. The molecule has 0 bridgehead atoms. The van der Waals surface area contributed by atoms with Gasteiger partial charge in [0, 0.05) is 29.5 Å². The number of fused-ring (bicyclic) bond motifs is 1. The summed E-state index contributed by atoms with van der Waals surface area (Å²) in [5.41, 5.74) is 2.88. The first-order valence-corrected chi connectivity index (χ1v) is 6.79. The molecule has 0 radical (unpaired) electrons. The number of carbonyl (C=O) groups is 1. The second-order valence-corrected chi connectivity index (χ2v) is 5.53. The molecular weight excluding hydrogens is 256 g/mol. The quantitative estimate of drug-likeness (QED) is 0.913. The van der Waals surface area contributed by atoms with Gasteiger partial charge in [0.05, 0.1) is 11.9 Å². The van der Waals surface area contributed by atoms with Gasteiger partial charge in [0.25, 0.3) is 0 Å². The smallest absolute Gasteiger partial charge is 0.226 e. The molecule has 0 aromatic carbocycles. The predicted octanol–water partition coefficient (Wildman–Crippen LogP) is 2.54. The standard InChI is InChI=1S/C14H18N4O2/c1-7(2)18-14-11(6-15-18)10(5-12(19)16-14)13-8(3)17-20-9(13)4/h6-7,10H,5H2,1-4H3,(H,16,19)/t10-/m0/s1. The third-order valence-electron chi connectivity index (χ3n) is 3.77. The van der Waals surface area contributed by atoms with Crippen molar-refractivity contribution in [3.63, 3.8) is 0 Å². The van der Waals surface area contributed by atoms with E-state index in [0.29, 0.717) is 6.42 Å². The first kappa shape index (κ1) is 12.9. The molecule has 6 nitrogen and oxygen atoms in total. The molecule has 1 atom stereocenters. The molecule has 2 aromatic heterocycles. The zero-order chi connectivity index (χ0) is 14.4. The average molecular weight is 274 g/mol. The fourth-order valence-corrected chi connectivity index (χ4v) is 2.88. The number of amides is 1. The maximum Gasteiger partial charge on any atom is 0.226 e. The van der Waals surface area contributed by atoms with Crippen LogP contribution < -0.4 is 5.32 Å². The van der Waals surface area contributed by atoms with Crippen LogP contribution in [0.1, 0.15) is 54.8 Å². The Morgan fingerprint density at radius 2 is 2.20 bits per heavy atom. The van der Waals surface area contributed by atoms with Gasteiger partial charge in [0.2, 0.25) is 5.91 Å². The van der Waals surface area contributed by atoms with Gasteiger partial charge in [-0.05, 0) is 27.7 Å². The van der Waals surface area contributed by atoms with Gasteiger partial charge in [-0.2, -0.15) is 5.10 Å². The van der Waals surface area contributed by atoms with Crippen molar-refractivity contribution < 1.29 is 9.32 Å². The lowest BCUT2D eigenvalue weighted by atomic mass is 9.86. The van der Waals surface area contributed by atoms with Crippen molar-refractivity contribution in [1.29, 1.82) is 0 Å². The summed E-state index contributed by atoms with van der Waals surface area (Å²) in [7, 11) is 0. The Morgan fingerprint density at radius 1 is 1.45 bits per heavy atom. The third kappa shape index (κ3) is 1.83. The molecule has 0 spiro atoms. The molecule has 0 saturated carbocycles. The number of carbonyl (C=O) groups excluding carboxylic acids is 1. The minimum atomic E-state index is -0.0301. The lowest BCUT2D eigenvalue weighted by molar-refractivity contribution is -0.116. The summed E-state index contributed by atoms with van der Waals surface area (Å²) in [4.78, 5) is 12.0. The van der Waals surface area contributed by atoms with Crippen molar-refractivity contribution in [3.05, 3.63) is 28.8 Å². The van der Waals surface area contributed by atoms with E-state index in [4.69, 9.17) is 4.52 Å². The Hall–Kier alpha value is -2.11. The first-order chi connectivity index (χ1) is 9.49. The van der Waals surface area contributed by atoms with Crippen molar-refractivity contribution >= 4 is 11.7 Å². The van der Waals surface area contributed by atoms with Gasteiger partial charge in [-0.1, -0.05) is 5.16 Å². The SMILES string of the molecule is Cc1noc(C)c1[C@H]1CC(=O)Nc2c1cnn2C(C)C. The average Bonchev–Trinajstić information content (AvgIpc) is 2.92. The Bertz CT molecular complexity index is 649. The van der Waals surface area contributed by atoms with Crippen LogP contribution in [0.3, 0.4) is 0 Å². The van der Waals surface area contributed by atoms with E-state index in [-0.39, 0.29) is 17.9 Å². The van der Waals surface area contributed by atoms with Crippen molar-refractivity contribution in [2.45, 2.75) is 46.1 Å². The van der Waals surface area contributed by atoms with Gasteiger partial charge in [-0.25, -0.2) is 4.68 Å². The molecule has 0 saturated heterocycles. The van der Waals surface area contributed by atoms with Crippen molar-refractivity contribution in [1.82, 2.24) is 14.9 Å². The highest BCUT2D eigenvalue weighted by atomic mass is 16.5. The second-order valence-electron chi connectivity index (χ2n) is 5.53. The molecule has 3 rings (SSSR count). The Morgan fingerprint density at radius 3 is 2.80 bits per heavy atom. The molecule has 20 heavy (non-hydrogen) atoms. The van der Waals surface area contributed by atoms with Crippen molar-refractivity contribution in [2.24, 2.45) is 0 Å². The van der Waals surface area contributed by atoms with E-state index in [1.165, 1.54) is 0 Å². The number of rotatable bonds is 2. The highest BCUT2D eigenvalue weighted by molar-refractivity contribution is 5.94. The zero-order valence-electron chi connectivity index (χ0n) is 12.1. The van der Waals surface area contributed by atoms with Gasteiger partial charge in [0.1, 0.15) is 11.6 Å². The first-order valence-electron chi connectivity index (χ1n) is 6.79. The van der Waals surface area contributed by atoms with Gasteiger partial charge in [-0.15, -0.1) is 0 Å². The minimum absolute atomic E-state index is 0.00454. The van der Waals surface area contributed by atoms with Crippen LogP contribution in [-0.4, -0.2) is 20.8 Å². The van der Waals surface area contributed by atoms with Crippen LogP contribution in [0.5, 0.6) is 0 Å². The van der Waals surface area contributed by atoms with Gasteiger partial charge in [0.15, 0.2) is 0 Å². The molecule has 0 unspecified atom stereocenters. The number of anilines is 1. The summed E-state index contributed by atoms with van der Waals surface area (Å²) in [6.07, 6.45) is 2.24. The number of hydrogen-bond donors (Lipinski definition) is 1. The highest BCUT2D eigenvalue weighted by Crippen LogP contribution is 2.40. The Balaban J connectivity index is 2.14. The van der Waals surface area contributed by atoms with Gasteiger partial charge >= 0.3 is 0 Å². The van der Waals surface area contributed by atoms with E-state index < -0.39 is 0 Å². The van der Waals surface area contributed by atoms with Crippen LogP contribution >= 0.6 is 0 Å². The summed E-state index contributed by atoms with van der Waals surface area (Å²) in [6.45, 7) is 7.87. The molecule has 0 fully saturated rings. The van der Waals surface area contributed by atoms with Gasteiger partial charge in [-0.3, -0.25) is 4.79 Å². The van der Waals surface area contributed by atoms with Crippen molar-refractivity contribution in [3.8, 4) is 0 Å². The summed E-state index contributed by atoms with van der Waals surface area (Å²) in [5.74, 6) is 1.54. The van der Waals surface area contributed by atoms with E-state index in [1.54, 1.807) is 0 Å². The maximum absolute atomic E-state index is 12.0. The molecular formula is C14H18N4O2. The van der Waals surface area contributed by atoms with E-state index in [9.17, 15) is 4.79 Å². The number of aryl methyl sites for hydroxylation is 2. The molecule has 1 aliphatic heterocycles. The Kier molecular flexibility index (Phi) is 2.88. The summed E-state index contributed by atoms with van der Waals surface area (Å²) < 4.78 is 7.09. The number of nitrogens with one attached hydrogen (secondary N) is 1. The normalized spacial score (nSPS) is 18.2. The van der Waals surface area contributed by atoms with E-state index >= 15 is 0 Å². The highest BCUT2D eigenvalue weighted by Gasteiger charge is 2.33. The molecule has 3 heterocycles. The minimum Gasteiger partial charge on any atom is -0.361 e. The monoisotopic (exact) mass is 274 g/mol. The van der Waals surface area contributed by atoms with Gasteiger partial charge < -0.3 is 9.84 Å². The maximum atomic E-state index is 12.0. The molecule has 106 valence electrons. The fourth-order valence-electron chi connectivity index (χ4n) is 2.88. The summed E-state index contributed by atoms with van der Waals surface area (Å²) in [6, 6.07) is 0.197. The Labute approximate surface area is 117 Å². The van der Waals surface area contributed by atoms with Crippen LogP contribution in [0.25, 0.3) is 0 Å². The molecule has 1 amide bonds. The largest absolute Gasteiger partial charge is 0.361 e. The zero-order valence-corrected chi connectivity index (χ0v) is 12.1. The van der Waals surface area contributed by atoms with E-state index in [0.717, 1.165) is 28.4 Å². The number of hydrogen-bond acceptors (Lipinski definition) is 4. The second kappa shape index (κ2) is 4.47. The molecule has 1 N–H and O–H groups in total. The lowest BCUT2D eigenvalue weighted by Gasteiger charge is -2.24. The van der Waals surface area contributed by atoms with Crippen LogP contribution in [-0.2, 0) is 4.79 Å². The van der Waals surface area contributed by atoms with Crippen molar-refractivity contribution in [2.75, 3.05) is 5.32 Å².